The summed E-state index contributed by atoms with van der Waals surface area (Å²) in [5, 5.41) is 11.6. The molecule has 108 valence electrons. The van der Waals surface area contributed by atoms with Gasteiger partial charge in [0.1, 0.15) is 0 Å². The lowest BCUT2D eigenvalue weighted by molar-refractivity contribution is -0.137. The highest BCUT2D eigenvalue weighted by Crippen LogP contribution is 2.44. The van der Waals surface area contributed by atoms with Crippen molar-refractivity contribution in [3.63, 3.8) is 0 Å². The highest BCUT2D eigenvalue weighted by atomic mass is 16.4. The Hall–Kier alpha value is -1.84. The summed E-state index contributed by atoms with van der Waals surface area (Å²) in [6, 6.07) is 7.43. The van der Waals surface area contributed by atoms with E-state index in [4.69, 9.17) is 5.11 Å². The minimum Gasteiger partial charge on any atom is -0.481 e. The van der Waals surface area contributed by atoms with Crippen LogP contribution in [0.1, 0.15) is 44.6 Å². The number of aliphatic carboxylic acids is 1. The molecule has 1 aromatic carbocycles. The zero-order valence-corrected chi connectivity index (χ0v) is 11.8. The minimum atomic E-state index is -0.794. The minimum absolute atomic E-state index is 0.115. The maximum atomic E-state index is 12.3. The average molecular weight is 275 g/mol. The number of carbonyl (C=O) groups is 2. The molecule has 2 rings (SSSR count). The molecule has 1 aliphatic carbocycles. The van der Waals surface area contributed by atoms with Crippen LogP contribution in [-0.4, -0.2) is 17.0 Å². The second-order valence-electron chi connectivity index (χ2n) is 5.53. The van der Waals surface area contributed by atoms with Gasteiger partial charge in [0.05, 0.1) is 0 Å². The molecule has 1 aliphatic rings. The number of hydrogen-bond acceptors (Lipinski definition) is 2. The van der Waals surface area contributed by atoms with Crippen molar-refractivity contribution >= 4 is 17.6 Å². The summed E-state index contributed by atoms with van der Waals surface area (Å²) in [5.74, 6) is -0.679. The van der Waals surface area contributed by atoms with Gasteiger partial charge in [0.15, 0.2) is 0 Å². The smallest absolute Gasteiger partial charge is 0.303 e. The number of amides is 1. The first-order chi connectivity index (χ1) is 9.55. The molecule has 1 saturated carbocycles. The fourth-order valence-electron chi connectivity index (χ4n) is 2.61. The van der Waals surface area contributed by atoms with Gasteiger partial charge in [-0.05, 0) is 43.4 Å². The number of rotatable bonds is 6. The van der Waals surface area contributed by atoms with E-state index in [2.05, 4.69) is 12.2 Å². The molecule has 0 aliphatic heterocycles. The van der Waals surface area contributed by atoms with Crippen molar-refractivity contribution in [1.29, 1.82) is 0 Å². The summed E-state index contributed by atoms with van der Waals surface area (Å²) in [6.45, 7) is 2.06. The Morgan fingerprint density at radius 2 is 1.90 bits per heavy atom. The zero-order chi connectivity index (χ0) is 14.6. The van der Waals surface area contributed by atoms with Gasteiger partial charge < -0.3 is 10.4 Å². The molecule has 1 amide bonds. The number of carboxylic acid groups (broad SMARTS) is 1. The van der Waals surface area contributed by atoms with Gasteiger partial charge >= 0.3 is 5.97 Å². The van der Waals surface area contributed by atoms with Crippen molar-refractivity contribution in [1.82, 2.24) is 0 Å². The molecule has 2 N–H and O–H groups in total. The normalized spacial score (nSPS) is 16.2. The van der Waals surface area contributed by atoms with Crippen LogP contribution in [0.3, 0.4) is 0 Å². The Morgan fingerprint density at radius 3 is 2.35 bits per heavy atom. The Bertz CT molecular complexity index is 483. The molecule has 1 aromatic rings. The van der Waals surface area contributed by atoms with Crippen LogP contribution in [0.4, 0.5) is 5.69 Å². The van der Waals surface area contributed by atoms with Gasteiger partial charge in [-0.15, -0.1) is 0 Å². The number of anilines is 1. The number of carboxylic acids is 1. The van der Waals surface area contributed by atoms with Gasteiger partial charge in [-0.1, -0.05) is 25.5 Å². The van der Waals surface area contributed by atoms with Crippen LogP contribution in [0.25, 0.3) is 0 Å². The number of aryl methyl sites for hydroxylation is 1. The molecule has 4 nitrogen and oxygen atoms in total. The first-order valence-electron chi connectivity index (χ1n) is 7.18. The van der Waals surface area contributed by atoms with Gasteiger partial charge in [0, 0.05) is 17.5 Å². The highest BCUT2D eigenvalue weighted by Gasteiger charge is 2.42. The summed E-state index contributed by atoms with van der Waals surface area (Å²) in [6.07, 6.45) is 4.62. The highest BCUT2D eigenvalue weighted by molar-refractivity contribution is 5.95. The van der Waals surface area contributed by atoms with Crippen LogP contribution in [0.2, 0.25) is 0 Å². The zero-order valence-electron chi connectivity index (χ0n) is 11.8. The van der Waals surface area contributed by atoms with E-state index < -0.39 is 5.97 Å². The second kappa shape index (κ2) is 6.07. The fourth-order valence-corrected chi connectivity index (χ4v) is 2.61. The van der Waals surface area contributed by atoms with E-state index in [1.165, 1.54) is 0 Å². The Balaban J connectivity index is 1.93. The average Bonchev–Trinajstić information content (AvgIpc) is 2.37. The lowest BCUT2D eigenvalue weighted by atomic mass is 9.66. The van der Waals surface area contributed by atoms with E-state index in [1.807, 2.05) is 24.3 Å². The topological polar surface area (TPSA) is 66.4 Å². The van der Waals surface area contributed by atoms with E-state index in [1.54, 1.807) is 0 Å². The van der Waals surface area contributed by atoms with Crippen LogP contribution in [0.15, 0.2) is 24.3 Å². The Morgan fingerprint density at radius 1 is 1.25 bits per heavy atom. The Labute approximate surface area is 119 Å². The molecule has 0 atom stereocenters. The predicted molar refractivity (Wildman–Crippen MR) is 77.6 cm³/mol. The van der Waals surface area contributed by atoms with Crippen molar-refractivity contribution in [3.05, 3.63) is 29.8 Å². The van der Waals surface area contributed by atoms with Crippen LogP contribution in [0.5, 0.6) is 0 Å². The maximum absolute atomic E-state index is 12.3. The molecule has 0 spiro atoms. The molecule has 0 aromatic heterocycles. The first kappa shape index (κ1) is 14.6. The molecule has 0 bridgehead atoms. The summed E-state index contributed by atoms with van der Waals surface area (Å²) in [4.78, 5) is 22.8. The lowest BCUT2D eigenvalue weighted by Gasteiger charge is -2.39. The van der Waals surface area contributed by atoms with Gasteiger partial charge in [-0.25, -0.2) is 0 Å². The molecular formula is C16H21NO3. The van der Waals surface area contributed by atoms with E-state index in [0.717, 1.165) is 36.9 Å². The molecule has 0 heterocycles. The molecule has 4 heteroatoms. The third kappa shape index (κ3) is 3.18. The van der Waals surface area contributed by atoms with Crippen LogP contribution >= 0.6 is 0 Å². The van der Waals surface area contributed by atoms with E-state index in [0.29, 0.717) is 6.42 Å². The summed E-state index contributed by atoms with van der Waals surface area (Å²) in [5.41, 5.74) is 1.59. The largest absolute Gasteiger partial charge is 0.481 e. The van der Waals surface area contributed by atoms with Crippen molar-refractivity contribution < 1.29 is 14.7 Å². The van der Waals surface area contributed by atoms with Gasteiger partial charge in [0.25, 0.3) is 0 Å². The second-order valence-corrected chi connectivity index (χ2v) is 5.53. The van der Waals surface area contributed by atoms with E-state index >= 15 is 0 Å². The van der Waals surface area contributed by atoms with Crippen LogP contribution < -0.4 is 5.32 Å². The number of carbonyl (C=O) groups excluding carboxylic acids is 1. The van der Waals surface area contributed by atoms with Crippen molar-refractivity contribution in [2.45, 2.75) is 45.4 Å². The number of nitrogens with one attached hydrogen (secondary N) is 1. The van der Waals surface area contributed by atoms with E-state index in [-0.39, 0.29) is 17.7 Å². The molecule has 0 unspecified atom stereocenters. The lowest BCUT2D eigenvalue weighted by Crippen LogP contribution is -2.41. The molecule has 0 radical (unpaired) electrons. The molecular weight excluding hydrogens is 254 g/mol. The van der Waals surface area contributed by atoms with Gasteiger partial charge in [0.2, 0.25) is 5.91 Å². The van der Waals surface area contributed by atoms with Crippen LogP contribution in [-0.2, 0) is 16.0 Å². The number of benzene rings is 1. The fraction of sp³-hybridized carbons (Fsp3) is 0.500. The van der Waals surface area contributed by atoms with Crippen molar-refractivity contribution in [2.75, 3.05) is 5.32 Å². The molecule has 20 heavy (non-hydrogen) atoms. The third-order valence-corrected chi connectivity index (χ3v) is 4.31. The van der Waals surface area contributed by atoms with E-state index in [9.17, 15) is 9.59 Å². The maximum Gasteiger partial charge on any atom is 0.303 e. The predicted octanol–water partition coefficient (Wildman–Crippen LogP) is 3.22. The van der Waals surface area contributed by atoms with Crippen LogP contribution in [0, 0.1) is 5.41 Å². The van der Waals surface area contributed by atoms with Gasteiger partial charge in [-0.3, -0.25) is 9.59 Å². The quantitative estimate of drug-likeness (QED) is 0.837. The monoisotopic (exact) mass is 275 g/mol. The number of hydrogen-bond donors (Lipinski definition) is 2. The Kier molecular flexibility index (Phi) is 4.42. The molecule has 0 saturated heterocycles. The standard InChI is InChI=1S/C16H21NO3/c1-2-16(10-3-11-16)15(20)17-13-7-4-12(5-8-13)6-9-14(18)19/h4-5,7-8H,2-3,6,9-11H2,1H3,(H,17,20)(H,18,19). The molecule has 1 fully saturated rings. The van der Waals surface area contributed by atoms with Gasteiger partial charge in [-0.2, -0.15) is 0 Å². The van der Waals surface area contributed by atoms with Crippen molar-refractivity contribution in [2.24, 2.45) is 5.41 Å². The summed E-state index contributed by atoms with van der Waals surface area (Å²) in [7, 11) is 0. The third-order valence-electron chi connectivity index (χ3n) is 4.31. The SMILES string of the molecule is CCC1(C(=O)Nc2ccc(CCC(=O)O)cc2)CCC1. The van der Waals surface area contributed by atoms with Crippen molar-refractivity contribution in [3.8, 4) is 0 Å². The summed E-state index contributed by atoms with van der Waals surface area (Å²) < 4.78 is 0. The summed E-state index contributed by atoms with van der Waals surface area (Å²) >= 11 is 0. The first-order valence-corrected chi connectivity index (χ1v) is 7.18.